The summed E-state index contributed by atoms with van der Waals surface area (Å²) in [7, 11) is -22.6. The van der Waals surface area contributed by atoms with Crippen LogP contribution in [0.25, 0.3) is 10.4 Å². The van der Waals surface area contributed by atoms with Gasteiger partial charge in [-0.3, -0.25) is 27.8 Å². The molecule has 0 bridgehead atoms. The number of carbonyl (C=O) groups excluding carboxylic acids is 2. The molecule has 20 atom stereocenters. The van der Waals surface area contributed by atoms with Crippen LogP contribution in [0.2, 0.25) is 0 Å². The molecule has 4 fully saturated rings. The second-order valence-corrected chi connectivity index (χ2v) is 21.2. The summed E-state index contributed by atoms with van der Waals surface area (Å²) in [5.74, 6) is -6.43. The number of ether oxygens (including phenoxy) is 8. The molecule has 0 aliphatic carbocycles. The fourth-order valence-electron chi connectivity index (χ4n) is 8.06. The number of carbonyl (C=O) groups is 4. The highest BCUT2D eigenvalue weighted by atomic mass is 32.3. The third kappa shape index (κ3) is 19.7. The lowest BCUT2D eigenvalue weighted by Gasteiger charge is -2.50. The van der Waals surface area contributed by atoms with Gasteiger partial charge in [0.25, 0.3) is 0 Å². The standard InChI is InChI=1S/C34H55N5O35S4/c1-11(40)37-15-24(22(73-77(57,58)59)13(9-64-75(51,52)53)66-31(15)63-8-6-4-3-5-7-36-39-35)68-34-21(46)19(44)26(28(72-34)30(49)50)70-32-16(38-12(2)41)25(69-33-20(45)17(42)18(43)27(71-33)29(47)48)23(74-78(60,61)62)14(67-32)10-65-76(54,55)56/h13-28,31-34,42-46H,3-10H2,1-2H3,(H,37,40)(H,38,41)(H,47,48)(H,49,50)(H,51,52,53)(H,54,55,56)(H,57,58,59)(H,60,61,62)/t13-,14-,15-,16-,17+,18+,19-,20-,21-,22-,23-,24-,25-,26+,27+,28+,31-,32+,33-,34-/m1/s1. The predicted octanol–water partition coefficient (Wildman–Crippen LogP) is -7.07. The van der Waals surface area contributed by atoms with Gasteiger partial charge in [0.2, 0.25) is 11.8 Å². The molecule has 4 heterocycles. The third-order valence-electron chi connectivity index (χ3n) is 11.2. The van der Waals surface area contributed by atoms with E-state index in [2.05, 4.69) is 33.2 Å². The van der Waals surface area contributed by atoms with Crippen molar-refractivity contribution in [1.29, 1.82) is 0 Å². The number of rotatable bonds is 28. The molecule has 0 aromatic carbocycles. The molecule has 0 spiro atoms. The zero-order valence-electron chi connectivity index (χ0n) is 39.9. The van der Waals surface area contributed by atoms with Gasteiger partial charge in [-0.2, -0.15) is 33.7 Å². The van der Waals surface area contributed by atoms with Crippen LogP contribution in [0.4, 0.5) is 0 Å². The first-order chi connectivity index (χ1) is 36.0. The maximum absolute atomic E-state index is 13.0. The summed E-state index contributed by atoms with van der Waals surface area (Å²) in [5, 5.41) is 82.6. The molecule has 0 unspecified atom stereocenters. The second-order valence-electron chi connectivity index (χ2n) is 17.0. The van der Waals surface area contributed by atoms with E-state index < -0.39 is 201 Å². The maximum Gasteiger partial charge on any atom is 0.397 e. The molecule has 40 nitrogen and oxygen atoms in total. The predicted molar refractivity (Wildman–Crippen MR) is 236 cm³/mol. The Morgan fingerprint density at radius 2 is 0.949 bits per heavy atom. The van der Waals surface area contributed by atoms with Gasteiger partial charge in [-0.05, 0) is 18.4 Å². The summed E-state index contributed by atoms with van der Waals surface area (Å²) >= 11 is 0. The van der Waals surface area contributed by atoms with Crippen LogP contribution in [0.1, 0.15) is 39.5 Å². The van der Waals surface area contributed by atoms with E-state index in [0.29, 0.717) is 19.3 Å². The molecule has 0 saturated carbocycles. The lowest BCUT2D eigenvalue weighted by atomic mass is 9.94. The lowest BCUT2D eigenvalue weighted by Crippen LogP contribution is -2.71. The van der Waals surface area contributed by atoms with Crippen LogP contribution >= 0.6 is 0 Å². The van der Waals surface area contributed by atoms with Gasteiger partial charge in [0.05, 0.1) is 13.2 Å². The van der Waals surface area contributed by atoms with E-state index in [1.165, 1.54) is 0 Å². The Kier molecular flexibility index (Phi) is 24.1. The summed E-state index contributed by atoms with van der Waals surface area (Å²) in [6.45, 7) is -1.61. The van der Waals surface area contributed by atoms with Gasteiger partial charge in [-0.15, -0.1) is 0 Å². The summed E-state index contributed by atoms with van der Waals surface area (Å²) < 4.78 is 197. The number of nitrogens with one attached hydrogen (secondary N) is 2. The quantitative estimate of drug-likeness (QED) is 0.0114. The van der Waals surface area contributed by atoms with Crippen molar-refractivity contribution in [1.82, 2.24) is 10.6 Å². The number of carboxylic acid groups (broad SMARTS) is 2. The normalized spacial score (nSPS) is 35.9. The molecule has 2 amide bonds. The number of hydrogen-bond donors (Lipinski definition) is 13. The topological polar surface area (TPSA) is 611 Å². The van der Waals surface area contributed by atoms with Gasteiger partial charge >= 0.3 is 53.5 Å². The Labute approximate surface area is 440 Å². The minimum absolute atomic E-state index is 0.141. The molecule has 78 heavy (non-hydrogen) atoms. The van der Waals surface area contributed by atoms with Gasteiger partial charge in [-0.25, -0.2) is 26.3 Å². The van der Waals surface area contributed by atoms with Gasteiger partial charge in [0.1, 0.15) is 85.3 Å². The Bertz CT molecular complexity index is 2580. The molecule has 0 aromatic rings. The SMILES string of the molecule is CC(=O)N[C@H]1[C@H](O[C@H]2[C@H](O)[C@@H](O)[C@H](O[C@@H]3[C@@H](NC(C)=O)[C@H](OCCCCCCN=[N+]=[N-])O[C@H](COS(=O)(=O)O)[C@H]3OS(=O)(=O)O)O[C@@H]2C(=O)O)O[C@H](COS(=O)(=O)O)[C@@H](OS(=O)(=O)O)[C@@H]1O[C@@H]1O[C@H](C(=O)O)[C@@H](O)[C@H](O)[C@H]1O. The Balaban J connectivity index is 1.81. The summed E-state index contributed by atoms with van der Waals surface area (Å²) in [4.78, 5) is 53.0. The van der Waals surface area contributed by atoms with E-state index in [-0.39, 0.29) is 19.6 Å². The molecule has 4 rings (SSSR count). The Morgan fingerprint density at radius 3 is 1.38 bits per heavy atom. The van der Waals surface area contributed by atoms with Crippen molar-refractivity contribution < 1.29 is 161 Å². The van der Waals surface area contributed by atoms with E-state index in [4.69, 9.17) is 47.6 Å². The highest BCUT2D eigenvalue weighted by molar-refractivity contribution is 7.81. The van der Waals surface area contributed by atoms with E-state index in [9.17, 15) is 107 Å². The number of carboxylic acids is 2. The maximum atomic E-state index is 13.0. The molecule has 0 aromatic heterocycles. The highest BCUT2D eigenvalue weighted by Crippen LogP contribution is 2.37. The third-order valence-corrected chi connectivity index (χ3v) is 13.0. The van der Waals surface area contributed by atoms with E-state index in [1.54, 1.807) is 0 Å². The second kappa shape index (κ2) is 28.2. The first-order valence-electron chi connectivity index (χ1n) is 22.2. The number of unbranched alkanes of at least 4 members (excludes halogenated alkanes) is 3. The van der Waals surface area contributed by atoms with E-state index in [1.807, 2.05) is 0 Å². The molecule has 4 aliphatic heterocycles. The molecule has 450 valence electrons. The first-order valence-corrected chi connectivity index (χ1v) is 27.6. The van der Waals surface area contributed by atoms with Crippen LogP contribution in [-0.4, -0.2) is 260 Å². The summed E-state index contributed by atoms with van der Waals surface area (Å²) in [6, 6.07) is -4.32. The van der Waals surface area contributed by atoms with E-state index >= 15 is 0 Å². The van der Waals surface area contributed by atoms with Gasteiger partial charge in [0, 0.05) is 31.9 Å². The number of azide groups is 1. The van der Waals surface area contributed by atoms with Crippen LogP contribution < -0.4 is 10.6 Å². The van der Waals surface area contributed by atoms with Crippen molar-refractivity contribution in [2.24, 2.45) is 5.11 Å². The van der Waals surface area contributed by atoms with Crippen molar-refractivity contribution in [3.63, 3.8) is 0 Å². The molecule has 0 radical (unpaired) electrons. The van der Waals surface area contributed by atoms with Crippen LogP contribution in [0.3, 0.4) is 0 Å². The van der Waals surface area contributed by atoms with Crippen LogP contribution in [0.15, 0.2) is 5.11 Å². The fourth-order valence-corrected chi connectivity index (χ4v) is 9.70. The molecular weight excluding hydrogens is 1170 g/mol. The Hall–Kier alpha value is -3.85. The van der Waals surface area contributed by atoms with Crippen molar-refractivity contribution in [3.05, 3.63) is 10.4 Å². The van der Waals surface area contributed by atoms with Gasteiger partial charge in [-0.1, -0.05) is 18.0 Å². The van der Waals surface area contributed by atoms with Crippen molar-refractivity contribution in [3.8, 4) is 0 Å². The molecular formula is C34H55N5O35S4. The van der Waals surface area contributed by atoms with E-state index in [0.717, 1.165) is 13.8 Å². The first kappa shape index (κ1) is 66.7. The van der Waals surface area contributed by atoms with Gasteiger partial charge < -0.3 is 84.3 Å². The number of amides is 2. The number of aliphatic carboxylic acids is 2. The van der Waals surface area contributed by atoms with Crippen molar-refractivity contribution >= 4 is 65.3 Å². The van der Waals surface area contributed by atoms with Crippen molar-refractivity contribution in [2.75, 3.05) is 26.4 Å². The molecule has 4 saturated heterocycles. The van der Waals surface area contributed by atoms with Crippen LogP contribution in [0, 0.1) is 0 Å². The smallest absolute Gasteiger partial charge is 0.397 e. The molecule has 44 heteroatoms. The van der Waals surface area contributed by atoms with Crippen LogP contribution in [0.5, 0.6) is 0 Å². The van der Waals surface area contributed by atoms with Gasteiger partial charge in [0.15, 0.2) is 37.4 Å². The molecule has 4 aliphatic rings. The summed E-state index contributed by atoms with van der Waals surface area (Å²) in [5.41, 5.74) is 8.49. The van der Waals surface area contributed by atoms with Crippen molar-refractivity contribution in [2.45, 2.75) is 162 Å². The highest BCUT2D eigenvalue weighted by Gasteiger charge is 2.59. The molecule has 13 N–H and O–H groups in total. The lowest BCUT2D eigenvalue weighted by molar-refractivity contribution is -0.367. The average molecular weight is 1220 g/mol. The minimum Gasteiger partial charge on any atom is -0.479 e. The fraction of sp³-hybridized carbons (Fsp3) is 0.882. The zero-order chi connectivity index (χ0) is 58.8. The largest absolute Gasteiger partial charge is 0.479 e. The minimum atomic E-state index is -5.85. The average Bonchev–Trinajstić information content (AvgIpc) is 3.29. The van der Waals surface area contributed by atoms with Crippen LogP contribution in [-0.2, 0) is 115 Å². The summed E-state index contributed by atoms with van der Waals surface area (Å²) in [6.07, 6.45) is -43.9. The number of hydrogen-bond acceptors (Lipinski definition) is 30. The number of aliphatic hydroxyl groups is 5. The number of nitrogens with zero attached hydrogens (tertiary/aromatic N) is 3. The zero-order valence-corrected chi connectivity index (χ0v) is 43.2. The number of aliphatic hydroxyl groups excluding tert-OH is 5. The monoisotopic (exact) mass is 1220 g/mol. The Morgan fingerprint density at radius 1 is 0.526 bits per heavy atom.